The van der Waals surface area contributed by atoms with E-state index in [2.05, 4.69) is 0 Å². The van der Waals surface area contributed by atoms with Crippen molar-refractivity contribution in [3.05, 3.63) is 0 Å². The molecule has 3 nitrogen and oxygen atoms in total. The number of rotatable bonds is 4. The topological polar surface area (TPSA) is 46.5 Å². The maximum atomic E-state index is 14.2. The molecule has 4 saturated carbocycles. The Morgan fingerprint density at radius 3 is 2.15 bits per heavy atom. The van der Waals surface area contributed by atoms with Gasteiger partial charge in [0.15, 0.2) is 5.41 Å². The van der Waals surface area contributed by atoms with Crippen molar-refractivity contribution in [1.82, 2.24) is 0 Å². The fourth-order valence-corrected chi connectivity index (χ4v) is 7.31. The summed E-state index contributed by atoms with van der Waals surface area (Å²) in [5, 5.41) is 10.7. The third-order valence-electron chi connectivity index (χ3n) is 8.07. The van der Waals surface area contributed by atoms with E-state index in [1.807, 2.05) is 0 Å². The van der Waals surface area contributed by atoms with Crippen molar-refractivity contribution in [3.63, 3.8) is 0 Å². The van der Waals surface area contributed by atoms with Crippen LogP contribution in [0.3, 0.4) is 0 Å². The van der Waals surface area contributed by atoms with Crippen LogP contribution in [0.25, 0.3) is 0 Å². The summed E-state index contributed by atoms with van der Waals surface area (Å²) in [7, 11) is 0. The van der Waals surface area contributed by atoms with Gasteiger partial charge in [-0.05, 0) is 48.9 Å². The summed E-state index contributed by atoms with van der Waals surface area (Å²) in [5.41, 5.74) is -5.27. The van der Waals surface area contributed by atoms with Gasteiger partial charge in [-0.3, -0.25) is 4.79 Å². The summed E-state index contributed by atoms with van der Waals surface area (Å²) >= 11 is 0. The zero-order valence-electron chi connectivity index (χ0n) is 16.2. The average Bonchev–Trinajstić information content (AvgIpc) is 2.36. The minimum atomic E-state index is -4.68. The van der Waals surface area contributed by atoms with Crippen LogP contribution >= 0.6 is 0 Å². The molecule has 1 N–H and O–H groups in total. The molecule has 4 aliphatic carbocycles. The molecule has 0 aromatic carbocycles. The predicted octanol–water partition coefficient (Wildman–Crippen LogP) is 4.47. The van der Waals surface area contributed by atoms with Crippen molar-refractivity contribution in [2.24, 2.45) is 34.0 Å². The van der Waals surface area contributed by atoms with Crippen molar-refractivity contribution in [2.75, 3.05) is 0 Å². The highest BCUT2D eigenvalue weighted by atomic mass is 19.4. The molecule has 0 aromatic rings. The Balaban J connectivity index is 1.64. The second-order valence-electron chi connectivity index (χ2n) is 10.9. The van der Waals surface area contributed by atoms with E-state index in [9.17, 15) is 23.1 Å². The number of alkyl halides is 3. The molecule has 1 spiro atoms. The van der Waals surface area contributed by atoms with Crippen LogP contribution in [0.15, 0.2) is 0 Å². The molecular weight excluding hydrogens is 345 g/mol. The fourth-order valence-electron chi connectivity index (χ4n) is 7.31. The molecule has 4 rings (SSSR count). The highest BCUT2D eigenvalue weighted by Gasteiger charge is 2.96. The Hall–Kier alpha value is -0.780. The summed E-state index contributed by atoms with van der Waals surface area (Å²) in [6.07, 6.45) is -2.35. The zero-order valence-corrected chi connectivity index (χ0v) is 16.2. The molecule has 0 radical (unpaired) electrons. The molecule has 6 heteroatoms. The second-order valence-corrected chi connectivity index (χ2v) is 10.9. The first kappa shape index (κ1) is 18.6. The lowest BCUT2D eigenvalue weighted by atomic mass is 9.15. The van der Waals surface area contributed by atoms with Gasteiger partial charge in [0.25, 0.3) is 0 Å². The molecule has 0 saturated heterocycles. The number of halogens is 3. The van der Waals surface area contributed by atoms with Crippen LogP contribution in [-0.4, -0.2) is 28.5 Å². The molecule has 6 unspecified atom stereocenters. The van der Waals surface area contributed by atoms with Gasteiger partial charge >= 0.3 is 12.1 Å². The first-order valence-corrected chi connectivity index (χ1v) is 9.68. The SMILES string of the molecule is CC(C)C(CC(C)(C)C)(C(=O)OC12CC3CC4CC(O)(C1)C432)C(F)(F)F. The van der Waals surface area contributed by atoms with E-state index in [-0.39, 0.29) is 6.42 Å². The lowest BCUT2D eigenvalue weighted by molar-refractivity contribution is -0.505. The monoisotopic (exact) mass is 374 g/mol. The lowest BCUT2D eigenvalue weighted by Crippen LogP contribution is -2.97. The van der Waals surface area contributed by atoms with Crippen molar-refractivity contribution >= 4 is 5.97 Å². The van der Waals surface area contributed by atoms with Crippen LogP contribution in [0.2, 0.25) is 0 Å². The lowest BCUT2D eigenvalue weighted by Gasteiger charge is -2.92. The van der Waals surface area contributed by atoms with Crippen molar-refractivity contribution < 1.29 is 27.8 Å². The molecular formula is C20H29F3O3. The Morgan fingerprint density at radius 2 is 1.77 bits per heavy atom. The van der Waals surface area contributed by atoms with Crippen LogP contribution in [0, 0.1) is 34.0 Å². The van der Waals surface area contributed by atoms with E-state index >= 15 is 0 Å². The van der Waals surface area contributed by atoms with Gasteiger partial charge in [-0.15, -0.1) is 0 Å². The van der Waals surface area contributed by atoms with E-state index in [0.29, 0.717) is 31.1 Å². The first-order chi connectivity index (χ1) is 11.7. The van der Waals surface area contributed by atoms with E-state index < -0.39 is 45.5 Å². The molecule has 0 heterocycles. The Labute approximate surface area is 152 Å². The third kappa shape index (κ3) is 1.74. The van der Waals surface area contributed by atoms with Crippen LogP contribution in [-0.2, 0) is 9.53 Å². The number of hydrogen-bond acceptors (Lipinski definition) is 3. The average molecular weight is 374 g/mol. The van der Waals surface area contributed by atoms with Gasteiger partial charge in [0.2, 0.25) is 0 Å². The van der Waals surface area contributed by atoms with Gasteiger partial charge in [-0.2, -0.15) is 13.2 Å². The highest BCUT2D eigenvalue weighted by molar-refractivity contribution is 5.79. The highest BCUT2D eigenvalue weighted by Crippen LogP contribution is 2.91. The Kier molecular flexibility index (Phi) is 3.29. The molecule has 0 amide bonds. The number of ether oxygens (including phenoxy) is 1. The number of carbonyl (C=O) groups is 1. The number of hydrogen-bond donors (Lipinski definition) is 1. The van der Waals surface area contributed by atoms with Gasteiger partial charge in [-0.25, -0.2) is 0 Å². The van der Waals surface area contributed by atoms with Gasteiger partial charge in [0.05, 0.1) is 5.60 Å². The molecule has 0 bridgehead atoms. The quantitative estimate of drug-likeness (QED) is 0.739. The van der Waals surface area contributed by atoms with Crippen LogP contribution < -0.4 is 0 Å². The summed E-state index contributed by atoms with van der Waals surface area (Å²) < 4.78 is 48.4. The van der Waals surface area contributed by atoms with Crippen molar-refractivity contribution in [3.8, 4) is 0 Å². The molecule has 0 aromatic heterocycles. The van der Waals surface area contributed by atoms with E-state index in [0.717, 1.165) is 6.42 Å². The maximum Gasteiger partial charge on any atom is 0.405 e. The van der Waals surface area contributed by atoms with Crippen molar-refractivity contribution in [2.45, 2.75) is 84.1 Å². The second kappa shape index (κ2) is 4.61. The molecule has 4 aliphatic rings. The van der Waals surface area contributed by atoms with Crippen LogP contribution in [0.5, 0.6) is 0 Å². The normalized spacial score (nSPS) is 45.2. The summed E-state index contributed by atoms with van der Waals surface area (Å²) in [4.78, 5) is 13.1. The summed E-state index contributed by atoms with van der Waals surface area (Å²) in [5.74, 6) is -1.43. The summed E-state index contributed by atoms with van der Waals surface area (Å²) in [6.45, 7) is 8.06. The molecule has 4 fully saturated rings. The van der Waals surface area contributed by atoms with Gasteiger partial charge in [0, 0.05) is 11.8 Å². The number of esters is 1. The predicted molar refractivity (Wildman–Crippen MR) is 89.1 cm³/mol. The Morgan fingerprint density at radius 1 is 1.19 bits per heavy atom. The summed E-state index contributed by atoms with van der Waals surface area (Å²) in [6, 6.07) is 0. The zero-order chi connectivity index (χ0) is 19.6. The first-order valence-electron chi connectivity index (χ1n) is 9.68. The molecule has 0 aliphatic heterocycles. The number of carbonyl (C=O) groups excluding carboxylic acids is 1. The van der Waals surface area contributed by atoms with Gasteiger partial charge in [0.1, 0.15) is 5.60 Å². The molecule has 148 valence electrons. The smallest absolute Gasteiger partial charge is 0.405 e. The third-order valence-corrected chi connectivity index (χ3v) is 8.07. The number of aliphatic hydroxyl groups is 1. The minimum absolute atomic E-state index is 0.305. The minimum Gasteiger partial charge on any atom is -0.458 e. The van der Waals surface area contributed by atoms with Crippen molar-refractivity contribution in [1.29, 1.82) is 0 Å². The standard InChI is InChI=1S/C20H29F3O3/c1-11(2)18(20(21,22)23,9-15(3,4)5)14(24)26-17-8-13-6-12-7-16(25,10-17)19(12,13)17/h11-13,25H,6-10H2,1-5H3. The van der Waals surface area contributed by atoms with Crippen LogP contribution in [0.1, 0.15) is 66.7 Å². The Bertz CT molecular complexity index is 660. The van der Waals surface area contributed by atoms with E-state index in [1.54, 1.807) is 20.8 Å². The largest absolute Gasteiger partial charge is 0.458 e. The maximum absolute atomic E-state index is 14.2. The fraction of sp³-hybridized carbons (Fsp3) is 0.950. The van der Waals surface area contributed by atoms with E-state index in [1.165, 1.54) is 13.8 Å². The van der Waals surface area contributed by atoms with Gasteiger partial charge < -0.3 is 9.84 Å². The van der Waals surface area contributed by atoms with Crippen LogP contribution in [0.4, 0.5) is 13.2 Å². The van der Waals surface area contributed by atoms with E-state index in [4.69, 9.17) is 4.74 Å². The van der Waals surface area contributed by atoms with Gasteiger partial charge in [-0.1, -0.05) is 34.6 Å². The molecule has 6 atom stereocenters. The molecule has 26 heavy (non-hydrogen) atoms.